The Labute approximate surface area is 182 Å². The molecule has 0 aliphatic carbocycles. The van der Waals surface area contributed by atoms with Gasteiger partial charge in [-0.15, -0.1) is 0 Å². The second-order valence-corrected chi connectivity index (χ2v) is 7.30. The molecule has 0 spiro atoms. The van der Waals surface area contributed by atoms with E-state index in [1.165, 1.54) is 30.7 Å². The number of aromatic hydroxyl groups is 1. The van der Waals surface area contributed by atoms with E-state index in [1.54, 1.807) is 55.5 Å². The normalized spacial score (nSPS) is 11.4. The van der Waals surface area contributed by atoms with Crippen LogP contribution >= 0.6 is 11.3 Å². The summed E-state index contributed by atoms with van der Waals surface area (Å²) in [7, 11) is 0. The molecule has 31 heavy (non-hydrogen) atoms. The molecule has 0 unspecified atom stereocenters. The molecule has 1 aromatic carbocycles. The van der Waals surface area contributed by atoms with E-state index in [0.717, 1.165) is 0 Å². The number of hydrazone groups is 1. The first-order valence-electron chi connectivity index (χ1n) is 9.18. The Morgan fingerprint density at radius 3 is 2.61 bits per heavy atom. The number of allylic oxidation sites excluding steroid dienone is 1. The zero-order valence-electron chi connectivity index (χ0n) is 16.8. The first-order valence-corrected chi connectivity index (χ1v) is 10.00. The number of aromatic nitrogens is 2. The molecule has 2 aromatic heterocycles. The molecule has 3 rings (SSSR count). The number of anilines is 1. The van der Waals surface area contributed by atoms with E-state index in [-0.39, 0.29) is 11.7 Å². The van der Waals surface area contributed by atoms with E-state index in [1.807, 2.05) is 0 Å². The quantitative estimate of drug-likeness (QED) is 0.333. The maximum Gasteiger partial charge on any atom is 0.271 e. The smallest absolute Gasteiger partial charge is 0.271 e. The fourth-order valence-corrected chi connectivity index (χ4v) is 3.36. The van der Waals surface area contributed by atoms with Crippen molar-refractivity contribution < 1.29 is 14.7 Å². The number of carbonyl (C=O) groups excluding carboxylic acids is 2. The number of para-hydroxylation sites is 1. The second kappa shape index (κ2) is 10.1. The number of hydrogen-bond acceptors (Lipinski definition) is 8. The zero-order valence-corrected chi connectivity index (χ0v) is 17.6. The summed E-state index contributed by atoms with van der Waals surface area (Å²) in [5, 5.41) is 14.7. The van der Waals surface area contributed by atoms with Crippen LogP contribution in [-0.2, 0) is 4.79 Å². The summed E-state index contributed by atoms with van der Waals surface area (Å²) in [6, 6.07) is 10.0. The number of hydrazine groups is 1. The third-order valence-corrected chi connectivity index (χ3v) is 5.05. The fourth-order valence-electron chi connectivity index (χ4n) is 2.47. The highest BCUT2D eigenvalue weighted by Crippen LogP contribution is 2.24. The summed E-state index contributed by atoms with van der Waals surface area (Å²) in [6.45, 7) is 3.17. The first-order chi connectivity index (χ1) is 14.9. The minimum atomic E-state index is -0.394. The van der Waals surface area contributed by atoms with Crippen LogP contribution in [0.2, 0.25) is 0 Å². The standard InChI is InChI=1S/C21H20N6O3S/c1-13-19(31-21(23-13)27-24-14(2)28)17(8-7-15-5-3-4-6-18(15)29)25-26-20(30)16-9-11-22-12-10-16/h3-12,29H,1-2H3,(H,23,27)(H,24,28)(H,26,30)/b8-7-,25-17-. The molecule has 0 aliphatic rings. The van der Waals surface area contributed by atoms with Crippen LogP contribution in [0.5, 0.6) is 5.75 Å². The zero-order chi connectivity index (χ0) is 22.2. The van der Waals surface area contributed by atoms with Crippen molar-refractivity contribution in [3.8, 4) is 5.75 Å². The van der Waals surface area contributed by atoms with Gasteiger partial charge >= 0.3 is 0 Å². The van der Waals surface area contributed by atoms with Gasteiger partial charge in [0.15, 0.2) is 0 Å². The molecule has 2 amide bonds. The SMILES string of the molecule is CC(=O)NNc1nc(C)c(C(/C=C\c2ccccc2O)=N\NC(=O)c2ccncc2)s1. The predicted molar refractivity (Wildman–Crippen MR) is 120 cm³/mol. The van der Waals surface area contributed by atoms with Gasteiger partial charge in [-0.2, -0.15) is 5.10 Å². The van der Waals surface area contributed by atoms with Crippen LogP contribution < -0.4 is 16.3 Å². The van der Waals surface area contributed by atoms with Crippen molar-refractivity contribution in [3.63, 3.8) is 0 Å². The maximum absolute atomic E-state index is 12.4. The van der Waals surface area contributed by atoms with Crippen LogP contribution in [0.1, 0.15) is 33.4 Å². The highest BCUT2D eigenvalue weighted by atomic mass is 32.1. The second-order valence-electron chi connectivity index (χ2n) is 6.31. The average Bonchev–Trinajstić information content (AvgIpc) is 3.14. The number of carbonyl (C=O) groups is 2. The van der Waals surface area contributed by atoms with E-state index in [9.17, 15) is 14.7 Å². The number of nitrogens with one attached hydrogen (secondary N) is 3. The van der Waals surface area contributed by atoms with Crippen LogP contribution in [0.4, 0.5) is 5.13 Å². The van der Waals surface area contributed by atoms with Gasteiger partial charge in [0, 0.05) is 30.4 Å². The Bertz CT molecular complexity index is 1140. The Balaban J connectivity index is 1.91. The summed E-state index contributed by atoms with van der Waals surface area (Å²) < 4.78 is 0. The molecule has 158 valence electrons. The topological polar surface area (TPSA) is 129 Å². The fraction of sp³-hybridized carbons (Fsp3) is 0.0952. The van der Waals surface area contributed by atoms with Gasteiger partial charge in [0.25, 0.3) is 5.91 Å². The number of nitrogens with zero attached hydrogens (tertiary/aromatic N) is 3. The van der Waals surface area contributed by atoms with Crippen LogP contribution in [-0.4, -0.2) is 32.6 Å². The van der Waals surface area contributed by atoms with Gasteiger partial charge in [-0.05, 0) is 37.3 Å². The number of thiazole rings is 1. The lowest BCUT2D eigenvalue weighted by Gasteiger charge is -2.03. The molecule has 0 saturated carbocycles. The third kappa shape index (κ3) is 5.97. The number of benzene rings is 1. The summed E-state index contributed by atoms with van der Waals surface area (Å²) >= 11 is 1.25. The number of aryl methyl sites for hydroxylation is 1. The molecule has 10 heteroatoms. The molecule has 0 aliphatic heterocycles. The first kappa shape index (κ1) is 21.7. The Morgan fingerprint density at radius 2 is 1.90 bits per heavy atom. The van der Waals surface area contributed by atoms with Crippen molar-refractivity contribution in [3.05, 3.63) is 76.6 Å². The molecular formula is C21H20N6O3S. The number of phenols is 1. The number of hydrogen-bond donors (Lipinski definition) is 4. The van der Waals surface area contributed by atoms with Crippen LogP contribution in [0.15, 0.2) is 60.0 Å². The lowest BCUT2D eigenvalue weighted by molar-refractivity contribution is -0.118. The van der Waals surface area contributed by atoms with Crippen LogP contribution in [0.3, 0.4) is 0 Å². The van der Waals surface area contributed by atoms with Crippen molar-refractivity contribution in [2.45, 2.75) is 13.8 Å². The van der Waals surface area contributed by atoms with Gasteiger partial charge in [-0.3, -0.25) is 25.4 Å². The summed E-state index contributed by atoms with van der Waals surface area (Å²) in [5.41, 5.74) is 9.81. The van der Waals surface area contributed by atoms with Crippen molar-refractivity contribution in [2.75, 3.05) is 5.43 Å². The molecule has 0 radical (unpaired) electrons. The van der Waals surface area contributed by atoms with E-state index in [2.05, 4.69) is 31.3 Å². The number of pyridine rings is 1. The van der Waals surface area contributed by atoms with Crippen molar-refractivity contribution in [2.24, 2.45) is 5.10 Å². The van der Waals surface area contributed by atoms with Gasteiger partial charge in [-0.25, -0.2) is 10.4 Å². The lowest BCUT2D eigenvalue weighted by atomic mass is 10.1. The highest BCUT2D eigenvalue weighted by Gasteiger charge is 2.14. The summed E-state index contributed by atoms with van der Waals surface area (Å²) in [5.74, 6) is -0.532. The van der Waals surface area contributed by atoms with Gasteiger partial charge in [0.2, 0.25) is 11.0 Å². The largest absolute Gasteiger partial charge is 0.507 e. The average molecular weight is 436 g/mol. The molecule has 0 saturated heterocycles. The van der Waals surface area contributed by atoms with Gasteiger partial charge < -0.3 is 5.11 Å². The van der Waals surface area contributed by atoms with Gasteiger partial charge in [-0.1, -0.05) is 29.5 Å². The van der Waals surface area contributed by atoms with Gasteiger partial charge in [0.05, 0.1) is 10.6 Å². The summed E-state index contributed by atoms with van der Waals surface area (Å²) in [4.78, 5) is 32.5. The third-order valence-electron chi connectivity index (χ3n) is 3.95. The molecule has 9 nitrogen and oxygen atoms in total. The monoisotopic (exact) mass is 436 g/mol. The predicted octanol–water partition coefficient (Wildman–Crippen LogP) is 2.86. The molecule has 0 fully saturated rings. The highest BCUT2D eigenvalue weighted by molar-refractivity contribution is 7.17. The minimum absolute atomic E-state index is 0.118. The van der Waals surface area contributed by atoms with Crippen LogP contribution in [0.25, 0.3) is 6.08 Å². The van der Waals surface area contributed by atoms with Crippen molar-refractivity contribution in [1.29, 1.82) is 0 Å². The molecule has 3 aromatic rings. The molecule has 2 heterocycles. The summed E-state index contributed by atoms with van der Waals surface area (Å²) in [6.07, 6.45) is 6.40. The lowest BCUT2D eigenvalue weighted by Crippen LogP contribution is -2.26. The van der Waals surface area contributed by atoms with Crippen molar-refractivity contribution >= 4 is 40.1 Å². The molecule has 4 N–H and O–H groups in total. The Hall–Kier alpha value is -4.05. The maximum atomic E-state index is 12.4. The number of amides is 2. The number of rotatable bonds is 7. The van der Waals surface area contributed by atoms with Crippen molar-refractivity contribution in [1.82, 2.24) is 20.8 Å². The van der Waals surface area contributed by atoms with Gasteiger partial charge in [0.1, 0.15) is 11.5 Å². The Morgan fingerprint density at radius 1 is 1.16 bits per heavy atom. The van der Waals surface area contributed by atoms with E-state index >= 15 is 0 Å². The Kier molecular flexibility index (Phi) is 7.07. The number of phenolic OH excluding ortho intramolecular Hbond substituents is 1. The van der Waals surface area contributed by atoms with E-state index in [0.29, 0.717) is 32.5 Å². The van der Waals surface area contributed by atoms with E-state index < -0.39 is 5.91 Å². The molecular weight excluding hydrogens is 416 g/mol. The minimum Gasteiger partial charge on any atom is -0.507 e. The molecule has 0 atom stereocenters. The van der Waals surface area contributed by atoms with E-state index in [4.69, 9.17) is 0 Å². The molecule has 0 bridgehead atoms. The van der Waals surface area contributed by atoms with Crippen LogP contribution in [0, 0.1) is 6.92 Å².